The van der Waals surface area contributed by atoms with Crippen LogP contribution in [0.1, 0.15) is 39.7 Å². The molecule has 0 radical (unpaired) electrons. The second-order valence-electron chi connectivity index (χ2n) is 5.88. The van der Waals surface area contributed by atoms with Crippen molar-refractivity contribution in [3.63, 3.8) is 0 Å². The molecular formula is C15H25N3. The summed E-state index contributed by atoms with van der Waals surface area (Å²) in [4.78, 5) is 6.82. The number of aromatic nitrogens is 1. The molecule has 0 aromatic carbocycles. The SMILES string of the molecule is CC1CC(C)N(c2cnccc2CNC(C)C)C1. The van der Waals surface area contributed by atoms with Crippen molar-refractivity contribution in [3.8, 4) is 0 Å². The molecule has 0 amide bonds. The van der Waals surface area contributed by atoms with Crippen LogP contribution in [0.5, 0.6) is 0 Å². The van der Waals surface area contributed by atoms with Crippen LogP contribution in [0, 0.1) is 5.92 Å². The highest BCUT2D eigenvalue weighted by molar-refractivity contribution is 5.53. The largest absolute Gasteiger partial charge is 0.367 e. The molecule has 1 aromatic heterocycles. The van der Waals surface area contributed by atoms with E-state index in [4.69, 9.17) is 0 Å². The molecule has 0 saturated carbocycles. The Balaban J connectivity index is 2.16. The molecule has 0 bridgehead atoms. The Bertz CT molecular complexity index is 389. The zero-order valence-electron chi connectivity index (χ0n) is 12.0. The second kappa shape index (κ2) is 5.70. The van der Waals surface area contributed by atoms with Gasteiger partial charge < -0.3 is 10.2 Å². The average Bonchev–Trinajstić information content (AvgIpc) is 2.66. The molecule has 1 N–H and O–H groups in total. The van der Waals surface area contributed by atoms with Crippen LogP contribution in [0.3, 0.4) is 0 Å². The van der Waals surface area contributed by atoms with Gasteiger partial charge in [0.1, 0.15) is 0 Å². The fourth-order valence-electron chi connectivity index (χ4n) is 2.77. The van der Waals surface area contributed by atoms with Crippen LogP contribution in [-0.4, -0.2) is 23.6 Å². The molecule has 0 aliphatic carbocycles. The zero-order valence-corrected chi connectivity index (χ0v) is 12.0. The van der Waals surface area contributed by atoms with Gasteiger partial charge in [0.05, 0.1) is 11.9 Å². The molecule has 1 fully saturated rings. The number of anilines is 1. The number of hydrogen-bond donors (Lipinski definition) is 1. The quantitative estimate of drug-likeness (QED) is 0.887. The summed E-state index contributed by atoms with van der Waals surface area (Å²) in [5.74, 6) is 0.783. The zero-order chi connectivity index (χ0) is 13.1. The van der Waals surface area contributed by atoms with Gasteiger partial charge in [-0.25, -0.2) is 0 Å². The first-order valence-corrected chi connectivity index (χ1v) is 7.01. The van der Waals surface area contributed by atoms with Gasteiger partial charge in [0.15, 0.2) is 0 Å². The summed E-state index contributed by atoms with van der Waals surface area (Å²) in [6.45, 7) is 11.1. The van der Waals surface area contributed by atoms with E-state index in [1.807, 2.05) is 12.4 Å². The highest BCUT2D eigenvalue weighted by Gasteiger charge is 2.27. The van der Waals surface area contributed by atoms with E-state index in [0.29, 0.717) is 12.1 Å². The van der Waals surface area contributed by atoms with Gasteiger partial charge in [-0.3, -0.25) is 4.98 Å². The van der Waals surface area contributed by atoms with Gasteiger partial charge in [-0.05, 0) is 30.9 Å². The molecule has 1 saturated heterocycles. The number of nitrogens with one attached hydrogen (secondary N) is 1. The monoisotopic (exact) mass is 247 g/mol. The van der Waals surface area contributed by atoms with Crippen molar-refractivity contribution < 1.29 is 0 Å². The minimum atomic E-state index is 0.515. The smallest absolute Gasteiger partial charge is 0.0600 e. The van der Waals surface area contributed by atoms with Crippen LogP contribution in [-0.2, 0) is 6.54 Å². The van der Waals surface area contributed by atoms with Gasteiger partial charge >= 0.3 is 0 Å². The molecule has 3 nitrogen and oxygen atoms in total. The van der Waals surface area contributed by atoms with Gasteiger partial charge in [-0.2, -0.15) is 0 Å². The summed E-state index contributed by atoms with van der Waals surface area (Å²) in [7, 11) is 0. The first-order valence-electron chi connectivity index (χ1n) is 7.01. The summed E-state index contributed by atoms with van der Waals surface area (Å²) >= 11 is 0. The van der Waals surface area contributed by atoms with Crippen LogP contribution in [0.2, 0.25) is 0 Å². The lowest BCUT2D eigenvalue weighted by Crippen LogP contribution is -2.29. The second-order valence-corrected chi connectivity index (χ2v) is 5.88. The normalized spacial score (nSPS) is 23.9. The van der Waals surface area contributed by atoms with Crippen LogP contribution < -0.4 is 10.2 Å². The maximum absolute atomic E-state index is 4.31. The molecule has 2 rings (SSSR count). The van der Waals surface area contributed by atoms with Crippen molar-refractivity contribution in [3.05, 3.63) is 24.0 Å². The van der Waals surface area contributed by atoms with E-state index in [-0.39, 0.29) is 0 Å². The fraction of sp³-hybridized carbons (Fsp3) is 0.667. The molecule has 1 aromatic rings. The van der Waals surface area contributed by atoms with Crippen molar-refractivity contribution in [2.75, 3.05) is 11.4 Å². The average molecular weight is 247 g/mol. The molecule has 18 heavy (non-hydrogen) atoms. The molecule has 3 heteroatoms. The minimum absolute atomic E-state index is 0.515. The van der Waals surface area contributed by atoms with E-state index in [2.05, 4.69) is 49.0 Å². The van der Waals surface area contributed by atoms with Gasteiger partial charge in [-0.1, -0.05) is 20.8 Å². The Morgan fingerprint density at radius 1 is 1.44 bits per heavy atom. The Morgan fingerprint density at radius 2 is 2.22 bits per heavy atom. The standard InChI is InChI=1S/C15H25N3/c1-11(2)17-8-14-5-6-16-9-15(14)18-10-12(3)7-13(18)4/h5-6,9,11-13,17H,7-8,10H2,1-4H3. The van der Waals surface area contributed by atoms with E-state index in [9.17, 15) is 0 Å². The molecule has 2 atom stereocenters. The third kappa shape index (κ3) is 3.02. The first kappa shape index (κ1) is 13.3. The van der Waals surface area contributed by atoms with E-state index in [1.54, 1.807) is 0 Å². The van der Waals surface area contributed by atoms with Crippen molar-refractivity contribution in [2.45, 2.75) is 52.7 Å². The first-order chi connectivity index (χ1) is 8.58. The molecule has 2 unspecified atom stereocenters. The van der Waals surface area contributed by atoms with Gasteiger partial charge in [0.2, 0.25) is 0 Å². The summed E-state index contributed by atoms with van der Waals surface area (Å²) in [6.07, 6.45) is 5.20. The van der Waals surface area contributed by atoms with Gasteiger partial charge in [-0.15, -0.1) is 0 Å². The molecule has 1 aliphatic rings. The minimum Gasteiger partial charge on any atom is -0.367 e. The van der Waals surface area contributed by atoms with E-state index in [0.717, 1.165) is 19.0 Å². The highest BCUT2D eigenvalue weighted by atomic mass is 15.2. The molecule has 2 heterocycles. The van der Waals surface area contributed by atoms with Crippen molar-refractivity contribution in [2.24, 2.45) is 5.92 Å². The lowest BCUT2D eigenvalue weighted by molar-refractivity contribution is 0.587. The van der Waals surface area contributed by atoms with Crippen LogP contribution in [0.15, 0.2) is 18.5 Å². The molecular weight excluding hydrogens is 222 g/mol. The van der Waals surface area contributed by atoms with Crippen molar-refractivity contribution in [1.82, 2.24) is 10.3 Å². The molecule has 0 spiro atoms. The van der Waals surface area contributed by atoms with Gasteiger partial charge in [0, 0.05) is 31.4 Å². The van der Waals surface area contributed by atoms with Crippen LogP contribution in [0.25, 0.3) is 0 Å². The third-order valence-corrected chi connectivity index (χ3v) is 3.68. The lowest BCUT2D eigenvalue weighted by atomic mass is 10.1. The summed E-state index contributed by atoms with van der Waals surface area (Å²) in [5.41, 5.74) is 2.67. The summed E-state index contributed by atoms with van der Waals surface area (Å²) in [5, 5.41) is 3.50. The Labute approximate surface area is 111 Å². The van der Waals surface area contributed by atoms with Crippen molar-refractivity contribution >= 4 is 5.69 Å². The van der Waals surface area contributed by atoms with Gasteiger partial charge in [0.25, 0.3) is 0 Å². The number of pyridine rings is 1. The fourth-order valence-corrected chi connectivity index (χ4v) is 2.77. The Hall–Kier alpha value is -1.09. The number of hydrogen-bond acceptors (Lipinski definition) is 3. The Morgan fingerprint density at radius 3 is 2.83 bits per heavy atom. The predicted octanol–water partition coefficient (Wildman–Crippen LogP) is 2.81. The lowest BCUT2D eigenvalue weighted by Gasteiger charge is -2.26. The third-order valence-electron chi connectivity index (χ3n) is 3.68. The van der Waals surface area contributed by atoms with E-state index in [1.165, 1.54) is 17.7 Å². The van der Waals surface area contributed by atoms with E-state index >= 15 is 0 Å². The predicted molar refractivity (Wildman–Crippen MR) is 76.8 cm³/mol. The van der Waals surface area contributed by atoms with Crippen LogP contribution in [0.4, 0.5) is 5.69 Å². The van der Waals surface area contributed by atoms with Crippen molar-refractivity contribution in [1.29, 1.82) is 0 Å². The maximum atomic E-state index is 4.31. The summed E-state index contributed by atoms with van der Waals surface area (Å²) in [6, 6.07) is 3.28. The molecule has 100 valence electrons. The van der Waals surface area contributed by atoms with E-state index < -0.39 is 0 Å². The maximum Gasteiger partial charge on any atom is 0.0600 e. The molecule has 1 aliphatic heterocycles. The number of rotatable bonds is 4. The topological polar surface area (TPSA) is 28.2 Å². The Kier molecular flexibility index (Phi) is 4.23. The summed E-state index contributed by atoms with van der Waals surface area (Å²) < 4.78 is 0. The van der Waals surface area contributed by atoms with Crippen LogP contribution >= 0.6 is 0 Å². The number of nitrogens with zero attached hydrogens (tertiary/aromatic N) is 2. The highest BCUT2D eigenvalue weighted by Crippen LogP contribution is 2.30.